The molecule has 5 heteroatoms. The zero-order valence-corrected chi connectivity index (χ0v) is 10.7. The van der Waals surface area contributed by atoms with Crippen molar-refractivity contribution in [2.24, 2.45) is 7.05 Å². The summed E-state index contributed by atoms with van der Waals surface area (Å²) in [6.45, 7) is 3.42. The van der Waals surface area contributed by atoms with Crippen LogP contribution in [0.1, 0.15) is 17.0 Å². The third-order valence-electron chi connectivity index (χ3n) is 2.50. The van der Waals surface area contributed by atoms with Gasteiger partial charge in [-0.3, -0.25) is 4.68 Å². The van der Waals surface area contributed by atoms with E-state index in [1.54, 1.807) is 11.0 Å². The van der Waals surface area contributed by atoms with Crippen LogP contribution >= 0.6 is 11.6 Å². The first-order chi connectivity index (χ1) is 8.15. The first kappa shape index (κ1) is 12.1. The van der Waals surface area contributed by atoms with Gasteiger partial charge in [-0.2, -0.15) is 5.10 Å². The van der Waals surface area contributed by atoms with Crippen LogP contribution in [0, 0.1) is 6.92 Å². The summed E-state index contributed by atoms with van der Waals surface area (Å²) in [6, 6.07) is 6.08. The Bertz CT molecular complexity index is 507. The number of aromatic nitrogens is 3. The number of nitrogens with one attached hydrogen (secondary N) is 1. The van der Waals surface area contributed by atoms with Crippen LogP contribution in [-0.4, -0.2) is 14.8 Å². The van der Waals surface area contributed by atoms with Gasteiger partial charge in [0.2, 0.25) is 0 Å². The highest BCUT2D eigenvalue weighted by atomic mass is 35.5. The van der Waals surface area contributed by atoms with Crippen molar-refractivity contribution in [2.75, 3.05) is 0 Å². The van der Waals surface area contributed by atoms with E-state index in [1.807, 2.05) is 26.1 Å². The van der Waals surface area contributed by atoms with Crippen LogP contribution in [0.4, 0.5) is 0 Å². The topological polar surface area (TPSA) is 42.7 Å². The number of benzene rings is 1. The summed E-state index contributed by atoms with van der Waals surface area (Å²) < 4.78 is 1.69. The predicted molar refractivity (Wildman–Crippen MR) is 67.7 cm³/mol. The summed E-state index contributed by atoms with van der Waals surface area (Å²) in [4.78, 5) is 4.14. The highest BCUT2D eigenvalue weighted by Crippen LogP contribution is 2.16. The zero-order valence-electron chi connectivity index (χ0n) is 9.94. The molecule has 0 aliphatic heterocycles. The maximum atomic E-state index is 6.06. The number of aryl methyl sites for hydroxylation is 2. The normalized spacial score (nSPS) is 10.8. The van der Waals surface area contributed by atoms with Gasteiger partial charge in [0.15, 0.2) is 5.82 Å². The second-order valence-electron chi connectivity index (χ2n) is 4.02. The minimum Gasteiger partial charge on any atom is -0.306 e. The van der Waals surface area contributed by atoms with Crippen LogP contribution in [0.5, 0.6) is 0 Å². The van der Waals surface area contributed by atoms with E-state index < -0.39 is 0 Å². The van der Waals surface area contributed by atoms with E-state index in [9.17, 15) is 0 Å². The minimum absolute atomic E-state index is 0.659. The van der Waals surface area contributed by atoms with Gasteiger partial charge in [-0.05, 0) is 24.1 Å². The molecule has 0 radical (unpaired) electrons. The van der Waals surface area contributed by atoms with Crippen molar-refractivity contribution < 1.29 is 0 Å². The standard InChI is InChI=1S/C12H15ClN4/c1-9-3-4-10(5-11(9)13)6-14-7-12-15-8-17(2)16-12/h3-5,8,14H,6-7H2,1-2H3. The van der Waals surface area contributed by atoms with Crippen molar-refractivity contribution >= 4 is 11.6 Å². The highest BCUT2D eigenvalue weighted by molar-refractivity contribution is 6.31. The number of hydrogen-bond acceptors (Lipinski definition) is 3. The van der Waals surface area contributed by atoms with Crippen molar-refractivity contribution in [1.29, 1.82) is 0 Å². The lowest BCUT2D eigenvalue weighted by Crippen LogP contribution is -2.14. The van der Waals surface area contributed by atoms with E-state index in [-0.39, 0.29) is 0 Å². The Morgan fingerprint density at radius 3 is 2.82 bits per heavy atom. The van der Waals surface area contributed by atoms with E-state index in [4.69, 9.17) is 11.6 Å². The molecule has 0 spiro atoms. The fourth-order valence-electron chi connectivity index (χ4n) is 1.53. The molecule has 2 rings (SSSR count). The molecule has 17 heavy (non-hydrogen) atoms. The van der Waals surface area contributed by atoms with Gasteiger partial charge in [-0.1, -0.05) is 23.7 Å². The molecule has 0 aliphatic rings. The Kier molecular flexibility index (Phi) is 3.76. The molecular formula is C12H15ClN4. The Hall–Kier alpha value is -1.39. The molecule has 0 saturated carbocycles. The van der Waals surface area contributed by atoms with Gasteiger partial charge in [-0.15, -0.1) is 0 Å². The second kappa shape index (κ2) is 5.29. The van der Waals surface area contributed by atoms with E-state index >= 15 is 0 Å². The lowest BCUT2D eigenvalue weighted by atomic mass is 10.1. The minimum atomic E-state index is 0.659. The van der Waals surface area contributed by atoms with Gasteiger partial charge in [0.25, 0.3) is 0 Å². The largest absolute Gasteiger partial charge is 0.306 e. The maximum Gasteiger partial charge on any atom is 0.164 e. The Morgan fingerprint density at radius 1 is 1.35 bits per heavy atom. The number of halogens is 1. The first-order valence-corrected chi connectivity index (χ1v) is 5.83. The molecule has 0 atom stereocenters. The van der Waals surface area contributed by atoms with Gasteiger partial charge in [-0.25, -0.2) is 4.98 Å². The number of nitrogens with zero attached hydrogens (tertiary/aromatic N) is 3. The van der Waals surface area contributed by atoms with Crippen molar-refractivity contribution in [2.45, 2.75) is 20.0 Å². The summed E-state index contributed by atoms with van der Waals surface area (Å²) in [5.41, 5.74) is 2.26. The highest BCUT2D eigenvalue weighted by Gasteiger charge is 2.00. The molecular weight excluding hydrogens is 236 g/mol. The summed E-state index contributed by atoms with van der Waals surface area (Å²) in [5, 5.41) is 8.28. The molecule has 90 valence electrons. The average Bonchev–Trinajstić information content (AvgIpc) is 2.70. The quantitative estimate of drug-likeness (QED) is 0.903. The van der Waals surface area contributed by atoms with Crippen LogP contribution in [0.15, 0.2) is 24.5 Å². The molecule has 1 aromatic carbocycles. The van der Waals surface area contributed by atoms with Gasteiger partial charge in [0, 0.05) is 18.6 Å². The molecule has 0 saturated heterocycles. The van der Waals surface area contributed by atoms with E-state index in [1.165, 1.54) is 0 Å². The molecule has 2 aromatic rings. The SMILES string of the molecule is Cc1ccc(CNCc2ncn(C)n2)cc1Cl. The van der Waals surface area contributed by atoms with Crippen molar-refractivity contribution in [3.63, 3.8) is 0 Å². The molecule has 0 bridgehead atoms. The summed E-state index contributed by atoms with van der Waals surface area (Å²) in [6.07, 6.45) is 1.69. The van der Waals surface area contributed by atoms with Crippen molar-refractivity contribution in [3.8, 4) is 0 Å². The number of rotatable bonds is 4. The molecule has 0 aliphatic carbocycles. The molecule has 1 heterocycles. The lowest BCUT2D eigenvalue weighted by molar-refractivity contribution is 0.649. The van der Waals surface area contributed by atoms with Crippen molar-refractivity contribution in [1.82, 2.24) is 20.1 Å². The Morgan fingerprint density at radius 2 is 2.18 bits per heavy atom. The van der Waals surface area contributed by atoms with Crippen LogP contribution in [0.3, 0.4) is 0 Å². The van der Waals surface area contributed by atoms with E-state index in [0.29, 0.717) is 6.54 Å². The maximum absolute atomic E-state index is 6.06. The second-order valence-corrected chi connectivity index (χ2v) is 4.43. The van der Waals surface area contributed by atoms with E-state index in [0.717, 1.165) is 28.5 Å². The molecule has 0 fully saturated rings. The fourth-order valence-corrected chi connectivity index (χ4v) is 1.73. The Balaban J connectivity index is 1.87. The van der Waals surface area contributed by atoms with Crippen LogP contribution in [0.25, 0.3) is 0 Å². The predicted octanol–water partition coefficient (Wildman–Crippen LogP) is 2.07. The monoisotopic (exact) mass is 250 g/mol. The van der Waals surface area contributed by atoms with E-state index in [2.05, 4.69) is 21.5 Å². The van der Waals surface area contributed by atoms with Gasteiger partial charge >= 0.3 is 0 Å². The van der Waals surface area contributed by atoms with Crippen LogP contribution in [0.2, 0.25) is 5.02 Å². The van der Waals surface area contributed by atoms with Crippen LogP contribution in [-0.2, 0) is 20.1 Å². The lowest BCUT2D eigenvalue weighted by Gasteiger charge is -2.04. The summed E-state index contributed by atoms with van der Waals surface area (Å²) in [5.74, 6) is 0.797. The third kappa shape index (κ3) is 3.28. The van der Waals surface area contributed by atoms with Gasteiger partial charge in [0.05, 0.1) is 6.54 Å². The molecule has 1 N–H and O–H groups in total. The molecule has 0 unspecified atom stereocenters. The fraction of sp³-hybridized carbons (Fsp3) is 0.333. The van der Waals surface area contributed by atoms with Gasteiger partial charge < -0.3 is 5.32 Å². The third-order valence-corrected chi connectivity index (χ3v) is 2.90. The number of hydrogen-bond donors (Lipinski definition) is 1. The Labute approximate surface area is 106 Å². The summed E-state index contributed by atoms with van der Waals surface area (Å²) >= 11 is 6.06. The first-order valence-electron chi connectivity index (χ1n) is 5.45. The van der Waals surface area contributed by atoms with Crippen LogP contribution < -0.4 is 5.32 Å². The zero-order chi connectivity index (χ0) is 12.3. The average molecular weight is 251 g/mol. The molecule has 4 nitrogen and oxygen atoms in total. The van der Waals surface area contributed by atoms with Gasteiger partial charge in [0.1, 0.15) is 6.33 Å². The molecule has 0 amide bonds. The van der Waals surface area contributed by atoms with Crippen molar-refractivity contribution in [3.05, 3.63) is 46.5 Å². The molecule has 1 aromatic heterocycles. The smallest absolute Gasteiger partial charge is 0.164 e. The summed E-state index contributed by atoms with van der Waals surface area (Å²) in [7, 11) is 1.86.